The minimum Gasteiger partial charge on any atom is -0.478 e. The monoisotopic (exact) mass is 507 g/mol. The molecular formula is C29H37N3O5. The minimum absolute atomic E-state index is 0.124. The van der Waals surface area contributed by atoms with Gasteiger partial charge in [0.15, 0.2) is 0 Å². The Balaban J connectivity index is 0.000000414. The van der Waals surface area contributed by atoms with Crippen molar-refractivity contribution < 1.29 is 24.6 Å². The fourth-order valence-corrected chi connectivity index (χ4v) is 5.22. The molecule has 3 fully saturated rings. The number of aliphatic carboxylic acids is 2. The molecule has 0 spiro atoms. The molecular weight excluding hydrogens is 470 g/mol. The van der Waals surface area contributed by atoms with Crippen molar-refractivity contribution in [2.45, 2.75) is 39.7 Å². The van der Waals surface area contributed by atoms with Crippen LogP contribution in [0.3, 0.4) is 0 Å². The maximum absolute atomic E-state index is 12.8. The number of fused-ring (bicyclic) bond motifs is 3. The average molecular weight is 508 g/mol. The first-order chi connectivity index (χ1) is 17.7. The van der Waals surface area contributed by atoms with Crippen molar-refractivity contribution in [1.82, 2.24) is 9.80 Å². The number of anilines is 2. The number of benzene rings is 2. The zero-order valence-corrected chi connectivity index (χ0v) is 21.8. The Morgan fingerprint density at radius 3 is 2.00 bits per heavy atom. The summed E-state index contributed by atoms with van der Waals surface area (Å²) in [4.78, 5) is 39.0. The van der Waals surface area contributed by atoms with Crippen molar-refractivity contribution in [3.05, 3.63) is 71.8 Å². The van der Waals surface area contributed by atoms with Gasteiger partial charge in [0, 0.05) is 54.8 Å². The van der Waals surface area contributed by atoms with Crippen molar-refractivity contribution in [2.75, 3.05) is 37.6 Å². The number of para-hydroxylation sites is 1. The van der Waals surface area contributed by atoms with Crippen LogP contribution in [0.25, 0.3) is 0 Å². The molecule has 2 bridgehead atoms. The van der Waals surface area contributed by atoms with Gasteiger partial charge in [0.25, 0.3) is 5.91 Å². The molecule has 1 unspecified atom stereocenters. The maximum atomic E-state index is 12.8. The van der Waals surface area contributed by atoms with E-state index in [9.17, 15) is 14.4 Å². The number of nitrogens with zero attached hydrogens (tertiary/aromatic N) is 3. The fraction of sp³-hybridized carbons (Fsp3) is 0.414. The third-order valence-electron chi connectivity index (χ3n) is 7.11. The Morgan fingerprint density at radius 2 is 1.54 bits per heavy atom. The Morgan fingerprint density at radius 1 is 0.946 bits per heavy atom. The number of carbonyl (C=O) groups excluding carboxylic acids is 1. The summed E-state index contributed by atoms with van der Waals surface area (Å²) in [5.74, 6) is -1.66. The molecule has 2 N–H and O–H groups in total. The van der Waals surface area contributed by atoms with Gasteiger partial charge in [-0.3, -0.25) is 4.79 Å². The third kappa shape index (κ3) is 7.20. The predicted octanol–water partition coefficient (Wildman–Crippen LogP) is 4.42. The SMILES string of the molecule is CCN(CC)C(=O)c1ccc(N(c2ccccc2)C2CN3CCC2CC3)c(C)c1.O=C(O)/C=C/C(=O)O. The van der Waals surface area contributed by atoms with Crippen LogP contribution in [0.4, 0.5) is 11.4 Å². The molecule has 8 heteroatoms. The molecule has 0 aliphatic carbocycles. The molecule has 198 valence electrons. The lowest BCUT2D eigenvalue weighted by atomic mass is 9.82. The number of rotatable bonds is 8. The molecule has 1 amide bonds. The molecule has 3 heterocycles. The number of amides is 1. The summed E-state index contributed by atoms with van der Waals surface area (Å²) in [6, 6.07) is 17.5. The third-order valence-corrected chi connectivity index (χ3v) is 7.11. The van der Waals surface area contributed by atoms with Crippen molar-refractivity contribution in [1.29, 1.82) is 0 Å². The van der Waals surface area contributed by atoms with Crippen LogP contribution in [0.15, 0.2) is 60.7 Å². The maximum Gasteiger partial charge on any atom is 0.328 e. The number of hydrogen-bond donors (Lipinski definition) is 2. The Kier molecular flexibility index (Phi) is 9.85. The Bertz CT molecular complexity index is 1090. The van der Waals surface area contributed by atoms with Gasteiger partial charge in [0.2, 0.25) is 0 Å². The van der Waals surface area contributed by atoms with Gasteiger partial charge in [-0.15, -0.1) is 0 Å². The van der Waals surface area contributed by atoms with Crippen LogP contribution >= 0.6 is 0 Å². The molecule has 0 aromatic heterocycles. The molecule has 3 aliphatic heterocycles. The predicted molar refractivity (Wildman–Crippen MR) is 144 cm³/mol. The van der Waals surface area contributed by atoms with Crippen molar-refractivity contribution in [3.8, 4) is 0 Å². The summed E-state index contributed by atoms with van der Waals surface area (Å²) in [5.41, 5.74) is 4.43. The standard InChI is InChI=1S/C25H33N3O.C4H4O4/c1-4-27(5-2)25(29)21-11-12-23(19(3)17-21)28(22-9-7-6-8-10-22)24-18-26-15-13-20(24)14-16-26;5-3(6)1-2-4(7)8/h6-12,17,20,24H,4-5,13-16,18H2,1-3H3;1-2H,(H,5,6)(H,7,8)/b;2-1+. The molecule has 3 aliphatic rings. The van der Waals surface area contributed by atoms with Crippen LogP contribution in [0.1, 0.15) is 42.6 Å². The van der Waals surface area contributed by atoms with Gasteiger partial charge in [-0.1, -0.05) is 18.2 Å². The molecule has 2 aromatic rings. The highest BCUT2D eigenvalue weighted by Crippen LogP contribution is 2.39. The van der Waals surface area contributed by atoms with Crippen LogP contribution in [-0.4, -0.2) is 76.6 Å². The fourth-order valence-electron chi connectivity index (χ4n) is 5.22. The lowest BCUT2D eigenvalue weighted by Gasteiger charge is -2.50. The summed E-state index contributed by atoms with van der Waals surface area (Å²) in [7, 11) is 0. The van der Waals surface area contributed by atoms with E-state index in [1.54, 1.807) is 0 Å². The summed E-state index contributed by atoms with van der Waals surface area (Å²) in [6.07, 6.45) is 3.68. The highest BCUT2D eigenvalue weighted by molar-refractivity contribution is 5.95. The van der Waals surface area contributed by atoms with Gasteiger partial charge in [0.1, 0.15) is 0 Å². The van der Waals surface area contributed by atoms with E-state index in [0.29, 0.717) is 18.2 Å². The molecule has 0 saturated carbocycles. The van der Waals surface area contributed by atoms with Gasteiger partial charge >= 0.3 is 11.9 Å². The van der Waals surface area contributed by atoms with Crippen molar-refractivity contribution in [2.24, 2.45) is 5.92 Å². The summed E-state index contributed by atoms with van der Waals surface area (Å²) >= 11 is 0. The second kappa shape index (κ2) is 13.1. The number of carboxylic acid groups (broad SMARTS) is 2. The van der Waals surface area contributed by atoms with E-state index in [2.05, 4.69) is 59.2 Å². The number of carboxylic acids is 2. The van der Waals surface area contributed by atoms with E-state index in [-0.39, 0.29) is 5.91 Å². The lowest BCUT2D eigenvalue weighted by Crippen LogP contribution is -2.56. The molecule has 1 atom stereocenters. The zero-order valence-electron chi connectivity index (χ0n) is 21.8. The first kappa shape index (κ1) is 27.9. The van der Waals surface area contributed by atoms with Gasteiger partial charge in [-0.2, -0.15) is 0 Å². The van der Waals surface area contributed by atoms with E-state index >= 15 is 0 Å². The smallest absolute Gasteiger partial charge is 0.328 e. The number of carbonyl (C=O) groups is 3. The normalized spacial score (nSPS) is 20.1. The molecule has 2 aromatic carbocycles. The van der Waals surface area contributed by atoms with Crippen LogP contribution in [-0.2, 0) is 9.59 Å². The van der Waals surface area contributed by atoms with Crippen LogP contribution in [0, 0.1) is 12.8 Å². The van der Waals surface area contributed by atoms with Crippen LogP contribution < -0.4 is 4.90 Å². The van der Waals surface area contributed by atoms with Crippen LogP contribution in [0.5, 0.6) is 0 Å². The number of hydrogen-bond acceptors (Lipinski definition) is 5. The first-order valence-corrected chi connectivity index (χ1v) is 12.9. The Labute approximate surface area is 218 Å². The number of aryl methyl sites for hydroxylation is 1. The lowest BCUT2D eigenvalue weighted by molar-refractivity contribution is -0.134. The topological polar surface area (TPSA) is 101 Å². The molecule has 3 saturated heterocycles. The quantitative estimate of drug-likeness (QED) is 0.510. The highest BCUT2D eigenvalue weighted by Gasteiger charge is 2.38. The zero-order chi connectivity index (χ0) is 26.9. The highest BCUT2D eigenvalue weighted by atomic mass is 16.4. The van der Waals surface area contributed by atoms with E-state index in [1.165, 1.54) is 42.9 Å². The van der Waals surface area contributed by atoms with Gasteiger partial charge < -0.3 is 24.9 Å². The minimum atomic E-state index is -1.26. The van der Waals surface area contributed by atoms with E-state index in [1.807, 2.05) is 24.8 Å². The van der Waals surface area contributed by atoms with Crippen molar-refractivity contribution >= 4 is 29.2 Å². The second-order valence-corrected chi connectivity index (χ2v) is 9.40. The van der Waals surface area contributed by atoms with E-state index < -0.39 is 11.9 Å². The van der Waals surface area contributed by atoms with Gasteiger partial charge in [-0.25, -0.2) is 9.59 Å². The van der Waals surface area contributed by atoms with Gasteiger partial charge in [0.05, 0.1) is 0 Å². The van der Waals surface area contributed by atoms with Crippen LogP contribution in [0.2, 0.25) is 0 Å². The summed E-state index contributed by atoms with van der Waals surface area (Å²) in [5, 5.41) is 15.6. The average Bonchev–Trinajstić information content (AvgIpc) is 2.91. The van der Waals surface area contributed by atoms with Gasteiger partial charge in [-0.05, 0) is 88.5 Å². The molecule has 5 rings (SSSR count). The van der Waals surface area contributed by atoms with Crippen molar-refractivity contribution in [3.63, 3.8) is 0 Å². The van der Waals surface area contributed by atoms with E-state index in [4.69, 9.17) is 10.2 Å². The largest absolute Gasteiger partial charge is 0.478 e. The van der Waals surface area contributed by atoms with E-state index in [0.717, 1.165) is 31.1 Å². The second-order valence-electron chi connectivity index (χ2n) is 9.40. The first-order valence-electron chi connectivity index (χ1n) is 12.9. The molecule has 37 heavy (non-hydrogen) atoms. The Hall–Kier alpha value is -3.65. The summed E-state index contributed by atoms with van der Waals surface area (Å²) < 4.78 is 0. The molecule has 0 radical (unpaired) electrons. The molecule has 8 nitrogen and oxygen atoms in total. The number of piperidine rings is 3. The summed E-state index contributed by atoms with van der Waals surface area (Å²) in [6.45, 7) is 11.3.